The molecule has 162 valence electrons. The average molecular weight is 430 g/mol. The van der Waals surface area contributed by atoms with Crippen LogP contribution in [-0.4, -0.2) is 52.6 Å². The summed E-state index contributed by atoms with van der Waals surface area (Å²) < 4.78 is 0. The van der Waals surface area contributed by atoms with Crippen molar-refractivity contribution in [2.45, 2.75) is 25.3 Å². The van der Waals surface area contributed by atoms with E-state index in [2.05, 4.69) is 10.3 Å². The second-order valence-corrected chi connectivity index (χ2v) is 8.11. The zero-order valence-corrected chi connectivity index (χ0v) is 17.3. The largest absolute Gasteiger partial charge is 0.361 e. The van der Waals surface area contributed by atoms with Crippen molar-refractivity contribution in [2.24, 2.45) is 0 Å². The Bertz CT molecular complexity index is 1230. The van der Waals surface area contributed by atoms with Gasteiger partial charge >= 0.3 is 6.03 Å². The molecule has 32 heavy (non-hydrogen) atoms. The smallest absolute Gasteiger partial charge is 0.325 e. The van der Waals surface area contributed by atoms with Crippen LogP contribution in [0.5, 0.6) is 0 Å². The standard InChI is InChI=1S/C24H22N4O4/c29-21(15-7-9-17(10-8-15)27-11-3-6-22(27)30)14-28-23(31)20(26-24(28)32)12-16-13-25-19-5-2-1-4-18(16)19/h1-2,4-5,7-10,13,20,25H,3,6,11-12,14H2,(H,26,32)/t20-/m0/s1. The van der Waals surface area contributed by atoms with Crippen LogP contribution in [0.25, 0.3) is 10.9 Å². The molecule has 8 nitrogen and oxygen atoms in total. The van der Waals surface area contributed by atoms with E-state index in [1.54, 1.807) is 29.2 Å². The molecule has 0 spiro atoms. The van der Waals surface area contributed by atoms with Gasteiger partial charge in [0.2, 0.25) is 5.91 Å². The maximum absolute atomic E-state index is 12.8. The van der Waals surface area contributed by atoms with Gasteiger partial charge in [0.05, 0.1) is 6.54 Å². The van der Waals surface area contributed by atoms with Crippen molar-refractivity contribution in [1.29, 1.82) is 0 Å². The van der Waals surface area contributed by atoms with Crippen LogP contribution in [0, 0.1) is 0 Å². The number of hydrogen-bond donors (Lipinski definition) is 2. The first kappa shape index (κ1) is 20.0. The summed E-state index contributed by atoms with van der Waals surface area (Å²) in [5, 5.41) is 3.69. The molecular weight excluding hydrogens is 408 g/mol. The summed E-state index contributed by atoms with van der Waals surface area (Å²) in [7, 11) is 0. The van der Waals surface area contributed by atoms with Gasteiger partial charge < -0.3 is 15.2 Å². The van der Waals surface area contributed by atoms with Gasteiger partial charge in [0.25, 0.3) is 5.91 Å². The minimum absolute atomic E-state index is 0.0738. The highest BCUT2D eigenvalue weighted by molar-refractivity contribution is 6.09. The lowest BCUT2D eigenvalue weighted by Gasteiger charge is -2.16. The van der Waals surface area contributed by atoms with Crippen molar-refractivity contribution < 1.29 is 19.2 Å². The van der Waals surface area contributed by atoms with E-state index in [0.717, 1.165) is 33.5 Å². The van der Waals surface area contributed by atoms with E-state index < -0.39 is 18.0 Å². The van der Waals surface area contributed by atoms with E-state index in [9.17, 15) is 19.2 Å². The first-order valence-electron chi connectivity index (χ1n) is 10.6. The van der Waals surface area contributed by atoms with E-state index in [-0.39, 0.29) is 18.2 Å². The van der Waals surface area contributed by atoms with Crippen LogP contribution in [0.3, 0.4) is 0 Å². The quantitative estimate of drug-likeness (QED) is 0.464. The molecule has 2 aliphatic rings. The topological polar surface area (TPSA) is 103 Å². The van der Waals surface area contributed by atoms with Crippen molar-refractivity contribution in [2.75, 3.05) is 18.0 Å². The van der Waals surface area contributed by atoms with E-state index in [1.165, 1.54) is 0 Å². The molecule has 5 rings (SSSR count). The third-order valence-electron chi connectivity index (χ3n) is 6.08. The predicted octanol–water partition coefficient (Wildman–Crippen LogP) is 2.64. The molecule has 4 amide bonds. The Morgan fingerprint density at radius 3 is 2.56 bits per heavy atom. The summed E-state index contributed by atoms with van der Waals surface area (Å²) in [5.41, 5.74) is 3.03. The highest BCUT2D eigenvalue weighted by Crippen LogP contribution is 2.23. The highest BCUT2D eigenvalue weighted by Gasteiger charge is 2.39. The molecule has 0 unspecified atom stereocenters. The minimum atomic E-state index is -0.710. The first-order chi connectivity index (χ1) is 15.5. The number of para-hydroxylation sites is 1. The number of urea groups is 1. The number of imide groups is 1. The molecule has 8 heteroatoms. The number of aromatic amines is 1. The number of carbonyl (C=O) groups excluding carboxylic acids is 4. The molecule has 2 saturated heterocycles. The Kier molecular flexibility index (Phi) is 4.97. The molecule has 0 radical (unpaired) electrons. The van der Waals surface area contributed by atoms with Crippen molar-refractivity contribution in [3.63, 3.8) is 0 Å². The predicted molar refractivity (Wildman–Crippen MR) is 118 cm³/mol. The maximum atomic E-state index is 12.8. The van der Waals surface area contributed by atoms with Crippen molar-refractivity contribution >= 4 is 40.2 Å². The van der Waals surface area contributed by atoms with Crippen LogP contribution in [0.4, 0.5) is 10.5 Å². The van der Waals surface area contributed by atoms with Gasteiger partial charge in [-0.15, -0.1) is 0 Å². The number of ketones is 1. The molecule has 2 N–H and O–H groups in total. The van der Waals surface area contributed by atoms with Crippen LogP contribution in [0.2, 0.25) is 0 Å². The molecule has 3 aromatic rings. The number of aromatic nitrogens is 1. The number of anilines is 1. The number of nitrogens with zero attached hydrogens (tertiary/aromatic N) is 2. The summed E-state index contributed by atoms with van der Waals surface area (Å²) in [4.78, 5) is 55.7. The Morgan fingerprint density at radius 2 is 1.81 bits per heavy atom. The molecule has 3 heterocycles. The molecule has 1 atom stereocenters. The van der Waals surface area contributed by atoms with Crippen molar-refractivity contribution in [3.8, 4) is 0 Å². The zero-order chi connectivity index (χ0) is 22.2. The number of carbonyl (C=O) groups is 4. The molecule has 2 fully saturated rings. The Hall–Kier alpha value is -3.94. The number of fused-ring (bicyclic) bond motifs is 1. The van der Waals surface area contributed by atoms with Crippen molar-refractivity contribution in [3.05, 3.63) is 65.9 Å². The molecule has 2 aromatic carbocycles. The third-order valence-corrected chi connectivity index (χ3v) is 6.08. The van der Waals surface area contributed by atoms with Gasteiger partial charge in [0.1, 0.15) is 6.04 Å². The number of Topliss-reactive ketones (excluding diaryl/α,β-unsaturated/α-hetero) is 1. The molecule has 2 aliphatic heterocycles. The molecule has 0 aliphatic carbocycles. The fourth-order valence-electron chi connectivity index (χ4n) is 4.37. The molecular formula is C24H22N4O4. The number of nitrogens with one attached hydrogen (secondary N) is 2. The van der Waals surface area contributed by atoms with Crippen LogP contribution in [0.15, 0.2) is 54.7 Å². The Morgan fingerprint density at radius 1 is 1.03 bits per heavy atom. The van der Waals surface area contributed by atoms with Gasteiger partial charge in [-0.2, -0.15) is 0 Å². The summed E-state index contributed by atoms with van der Waals surface area (Å²) >= 11 is 0. The van der Waals surface area contributed by atoms with E-state index in [0.29, 0.717) is 24.9 Å². The number of benzene rings is 2. The number of rotatable bonds is 6. The number of H-pyrrole nitrogens is 1. The van der Waals surface area contributed by atoms with Gasteiger partial charge in [0.15, 0.2) is 5.78 Å². The lowest BCUT2D eigenvalue weighted by Crippen LogP contribution is -2.36. The first-order valence-corrected chi connectivity index (χ1v) is 10.6. The highest BCUT2D eigenvalue weighted by atomic mass is 16.2. The normalized spacial score (nSPS) is 18.6. The van der Waals surface area contributed by atoms with Crippen LogP contribution < -0.4 is 10.2 Å². The van der Waals surface area contributed by atoms with Gasteiger partial charge in [-0.1, -0.05) is 18.2 Å². The second kappa shape index (κ2) is 7.96. The van der Waals surface area contributed by atoms with Gasteiger partial charge in [-0.3, -0.25) is 19.3 Å². The van der Waals surface area contributed by atoms with Gasteiger partial charge in [0, 0.05) is 47.7 Å². The van der Waals surface area contributed by atoms with Crippen LogP contribution >= 0.6 is 0 Å². The van der Waals surface area contributed by atoms with Crippen molar-refractivity contribution in [1.82, 2.24) is 15.2 Å². The fraction of sp³-hybridized carbons (Fsp3) is 0.250. The average Bonchev–Trinajstić information content (AvgIpc) is 3.48. The van der Waals surface area contributed by atoms with Crippen LogP contribution in [-0.2, 0) is 16.0 Å². The minimum Gasteiger partial charge on any atom is -0.361 e. The second-order valence-electron chi connectivity index (χ2n) is 8.11. The van der Waals surface area contributed by atoms with E-state index in [4.69, 9.17) is 0 Å². The number of hydrogen-bond acceptors (Lipinski definition) is 4. The van der Waals surface area contributed by atoms with Crippen LogP contribution in [0.1, 0.15) is 28.8 Å². The summed E-state index contributed by atoms with van der Waals surface area (Å²) in [6.07, 6.45) is 3.54. The van der Waals surface area contributed by atoms with E-state index >= 15 is 0 Å². The third kappa shape index (κ3) is 3.53. The molecule has 0 bridgehead atoms. The molecule has 0 saturated carbocycles. The summed E-state index contributed by atoms with van der Waals surface area (Å²) in [6.45, 7) is 0.351. The fourth-order valence-corrected chi connectivity index (χ4v) is 4.37. The SMILES string of the molecule is O=C(CN1C(=O)N[C@@H](Cc2c[nH]c3ccccc23)C1=O)c1ccc(N2CCCC2=O)cc1. The molecule has 1 aromatic heterocycles. The summed E-state index contributed by atoms with van der Waals surface area (Å²) in [5.74, 6) is -0.668. The van der Waals surface area contributed by atoms with Gasteiger partial charge in [-0.25, -0.2) is 4.79 Å². The summed E-state index contributed by atoms with van der Waals surface area (Å²) in [6, 6.07) is 13.2. The lowest BCUT2D eigenvalue weighted by molar-refractivity contribution is -0.127. The Labute approximate surface area is 184 Å². The number of amides is 4. The Balaban J connectivity index is 1.26. The lowest BCUT2D eigenvalue weighted by atomic mass is 10.0. The van der Waals surface area contributed by atoms with E-state index in [1.807, 2.05) is 30.5 Å². The zero-order valence-electron chi connectivity index (χ0n) is 17.3. The monoisotopic (exact) mass is 430 g/mol. The maximum Gasteiger partial charge on any atom is 0.325 e. The van der Waals surface area contributed by atoms with Gasteiger partial charge in [-0.05, 0) is 42.3 Å².